The highest BCUT2D eigenvalue weighted by Crippen LogP contribution is 2.76. The van der Waals surface area contributed by atoms with Gasteiger partial charge >= 0.3 is 0 Å². The van der Waals surface area contributed by atoms with Gasteiger partial charge < -0.3 is 0 Å². The summed E-state index contributed by atoms with van der Waals surface area (Å²) in [5.41, 5.74) is 2.92. The predicted molar refractivity (Wildman–Crippen MR) is 82.2 cm³/mol. The average molecular weight is 258 g/mol. The fourth-order valence-corrected chi connectivity index (χ4v) is 5.28. The minimum atomic E-state index is -1.13. The van der Waals surface area contributed by atoms with Gasteiger partial charge in [0.05, 0.1) is 8.07 Å². The van der Waals surface area contributed by atoms with Crippen molar-refractivity contribution in [1.82, 2.24) is 0 Å². The largest absolute Gasteiger partial charge is 0.0775 e. The molecular formula is C17H26Si. The molecule has 0 heterocycles. The lowest BCUT2D eigenvalue weighted by Gasteiger charge is -2.73. The van der Waals surface area contributed by atoms with E-state index in [0.29, 0.717) is 5.41 Å². The highest BCUT2D eigenvalue weighted by Gasteiger charge is 2.68. The van der Waals surface area contributed by atoms with Gasteiger partial charge in [0, 0.05) is 0 Å². The molecule has 3 aliphatic rings. The highest BCUT2D eigenvalue weighted by molar-refractivity contribution is 6.88. The standard InChI is InChI=1S/C17H26Si/c1-13(2)16-10-17(11-16,12-16)14-6-8-15(9-7-14)18(3,4)5/h6-9,13H,10-12H2,1-5H3. The third kappa shape index (κ3) is 1.56. The molecule has 0 aliphatic heterocycles. The summed E-state index contributed by atoms with van der Waals surface area (Å²) in [6.07, 6.45) is 4.35. The zero-order chi connectivity index (χ0) is 13.2. The third-order valence-electron chi connectivity index (χ3n) is 5.66. The van der Waals surface area contributed by atoms with E-state index in [4.69, 9.17) is 0 Å². The van der Waals surface area contributed by atoms with Crippen molar-refractivity contribution < 1.29 is 0 Å². The summed E-state index contributed by atoms with van der Waals surface area (Å²) in [5, 5.41) is 1.59. The van der Waals surface area contributed by atoms with Crippen LogP contribution in [0, 0.1) is 11.3 Å². The van der Waals surface area contributed by atoms with E-state index in [1.54, 1.807) is 10.8 Å². The van der Waals surface area contributed by atoms with Crippen LogP contribution in [0.4, 0.5) is 0 Å². The van der Waals surface area contributed by atoms with Crippen molar-refractivity contribution in [2.45, 2.75) is 58.2 Å². The first-order valence-electron chi connectivity index (χ1n) is 7.39. The monoisotopic (exact) mass is 258 g/mol. The van der Waals surface area contributed by atoms with Gasteiger partial charge in [-0.05, 0) is 41.6 Å². The van der Waals surface area contributed by atoms with Crippen LogP contribution in [-0.2, 0) is 5.41 Å². The minimum absolute atomic E-state index is 0.586. The van der Waals surface area contributed by atoms with Crippen LogP contribution in [0.3, 0.4) is 0 Å². The van der Waals surface area contributed by atoms with Gasteiger partial charge in [-0.1, -0.05) is 62.9 Å². The Morgan fingerprint density at radius 1 is 0.944 bits per heavy atom. The molecule has 4 rings (SSSR count). The molecule has 3 fully saturated rings. The Bertz CT molecular complexity index is 442. The third-order valence-corrected chi connectivity index (χ3v) is 7.72. The molecule has 1 heteroatoms. The molecule has 0 N–H and O–H groups in total. The molecule has 0 radical (unpaired) electrons. The lowest BCUT2D eigenvalue weighted by atomic mass is 9.31. The van der Waals surface area contributed by atoms with Crippen LogP contribution < -0.4 is 5.19 Å². The van der Waals surface area contributed by atoms with Gasteiger partial charge in [0.2, 0.25) is 0 Å². The van der Waals surface area contributed by atoms with Crippen molar-refractivity contribution in [2.24, 2.45) is 11.3 Å². The zero-order valence-corrected chi connectivity index (χ0v) is 13.5. The van der Waals surface area contributed by atoms with Gasteiger partial charge in [-0.3, -0.25) is 0 Å². The topological polar surface area (TPSA) is 0 Å². The Labute approximate surface area is 113 Å². The molecule has 0 nitrogen and oxygen atoms in total. The number of benzene rings is 1. The summed E-state index contributed by atoms with van der Waals surface area (Å²) in [7, 11) is -1.13. The van der Waals surface area contributed by atoms with Crippen LogP contribution in [0.1, 0.15) is 38.7 Å². The Balaban J connectivity index is 1.77. The second-order valence-corrected chi connectivity index (χ2v) is 13.2. The zero-order valence-electron chi connectivity index (χ0n) is 12.5. The fourth-order valence-electron chi connectivity index (χ4n) is 4.11. The lowest BCUT2D eigenvalue weighted by molar-refractivity contribution is -0.172. The summed E-state index contributed by atoms with van der Waals surface area (Å²) in [4.78, 5) is 0. The number of rotatable bonds is 3. The van der Waals surface area contributed by atoms with Gasteiger partial charge in [0.1, 0.15) is 0 Å². The summed E-state index contributed by atoms with van der Waals surface area (Å²) in [6.45, 7) is 12.1. The molecule has 1 aromatic rings. The summed E-state index contributed by atoms with van der Waals surface area (Å²) in [5.74, 6) is 0.876. The molecule has 0 amide bonds. The van der Waals surface area contributed by atoms with E-state index < -0.39 is 8.07 Å². The molecule has 0 unspecified atom stereocenters. The second kappa shape index (κ2) is 3.50. The quantitative estimate of drug-likeness (QED) is 0.709. The maximum Gasteiger partial charge on any atom is 0.0775 e. The van der Waals surface area contributed by atoms with Crippen molar-refractivity contribution in [3.63, 3.8) is 0 Å². The predicted octanol–water partition coefficient (Wildman–Crippen LogP) is 4.31. The van der Waals surface area contributed by atoms with Gasteiger partial charge in [-0.15, -0.1) is 0 Å². The first-order chi connectivity index (χ1) is 8.28. The Morgan fingerprint density at radius 2 is 1.44 bits per heavy atom. The molecule has 2 bridgehead atoms. The summed E-state index contributed by atoms with van der Waals surface area (Å²) in [6, 6.07) is 9.67. The summed E-state index contributed by atoms with van der Waals surface area (Å²) >= 11 is 0. The van der Waals surface area contributed by atoms with E-state index in [9.17, 15) is 0 Å². The van der Waals surface area contributed by atoms with Gasteiger partial charge in [-0.2, -0.15) is 0 Å². The van der Waals surface area contributed by atoms with Crippen molar-refractivity contribution in [3.8, 4) is 0 Å². The van der Waals surface area contributed by atoms with Crippen molar-refractivity contribution in [1.29, 1.82) is 0 Å². The number of hydrogen-bond acceptors (Lipinski definition) is 0. The molecule has 3 saturated carbocycles. The van der Waals surface area contributed by atoms with E-state index in [1.807, 2.05) is 0 Å². The SMILES string of the molecule is CC(C)C12CC(c3ccc([Si](C)(C)C)cc3)(C1)C2. The van der Waals surface area contributed by atoms with Gasteiger partial charge in [-0.25, -0.2) is 0 Å². The van der Waals surface area contributed by atoms with Crippen molar-refractivity contribution in [2.75, 3.05) is 0 Å². The highest BCUT2D eigenvalue weighted by atomic mass is 28.3. The van der Waals surface area contributed by atoms with Crippen molar-refractivity contribution >= 4 is 13.3 Å². The molecule has 3 aliphatic carbocycles. The van der Waals surface area contributed by atoms with Crippen LogP contribution in [0.2, 0.25) is 19.6 Å². The Kier molecular flexibility index (Phi) is 2.43. The van der Waals surface area contributed by atoms with Crippen LogP contribution >= 0.6 is 0 Å². The average Bonchev–Trinajstić information content (AvgIpc) is 2.12. The molecule has 0 atom stereocenters. The summed E-state index contributed by atoms with van der Waals surface area (Å²) < 4.78 is 0. The first-order valence-corrected chi connectivity index (χ1v) is 10.9. The number of hydrogen-bond donors (Lipinski definition) is 0. The van der Waals surface area contributed by atoms with Crippen LogP contribution in [0.15, 0.2) is 24.3 Å². The second-order valence-electron chi connectivity index (χ2n) is 8.16. The van der Waals surface area contributed by atoms with E-state index in [-0.39, 0.29) is 0 Å². The Hall–Kier alpha value is -0.563. The van der Waals surface area contributed by atoms with E-state index in [0.717, 1.165) is 11.3 Å². The Morgan fingerprint density at radius 3 is 1.83 bits per heavy atom. The van der Waals surface area contributed by atoms with E-state index in [1.165, 1.54) is 19.3 Å². The van der Waals surface area contributed by atoms with E-state index in [2.05, 4.69) is 57.8 Å². The molecule has 0 aromatic heterocycles. The molecule has 0 spiro atoms. The molecule has 1 aromatic carbocycles. The van der Waals surface area contributed by atoms with Crippen LogP contribution in [0.25, 0.3) is 0 Å². The molecular weight excluding hydrogens is 232 g/mol. The molecule has 0 saturated heterocycles. The van der Waals surface area contributed by atoms with Gasteiger partial charge in [0.25, 0.3) is 0 Å². The lowest BCUT2D eigenvalue weighted by Crippen LogP contribution is -2.66. The molecule has 18 heavy (non-hydrogen) atoms. The maximum absolute atomic E-state index is 2.43. The fraction of sp³-hybridized carbons (Fsp3) is 0.647. The molecule has 98 valence electrons. The maximum atomic E-state index is 2.43. The smallest absolute Gasteiger partial charge is 0.0656 e. The van der Waals surface area contributed by atoms with Gasteiger partial charge in [0.15, 0.2) is 0 Å². The van der Waals surface area contributed by atoms with Crippen LogP contribution in [0.5, 0.6) is 0 Å². The van der Waals surface area contributed by atoms with Crippen LogP contribution in [-0.4, -0.2) is 8.07 Å². The van der Waals surface area contributed by atoms with Crippen molar-refractivity contribution in [3.05, 3.63) is 29.8 Å². The van der Waals surface area contributed by atoms with E-state index >= 15 is 0 Å². The normalized spacial score (nSPS) is 34.1. The first kappa shape index (κ1) is 12.5. The minimum Gasteiger partial charge on any atom is -0.0656 e.